The van der Waals surface area contributed by atoms with E-state index in [1.807, 2.05) is 65.2 Å². The summed E-state index contributed by atoms with van der Waals surface area (Å²) in [5.74, 6) is -1.67. The molecule has 0 aliphatic carbocycles. The van der Waals surface area contributed by atoms with Crippen molar-refractivity contribution in [3.63, 3.8) is 0 Å². The summed E-state index contributed by atoms with van der Waals surface area (Å²) in [4.78, 5) is 53.2. The number of ether oxygens (including phenoxy) is 3. The number of para-hydroxylation sites is 2. The van der Waals surface area contributed by atoms with Crippen LogP contribution in [0.3, 0.4) is 0 Å². The summed E-state index contributed by atoms with van der Waals surface area (Å²) in [6, 6.07) is 29.4. The second kappa shape index (κ2) is 15.7. The van der Waals surface area contributed by atoms with Crippen LogP contribution in [-0.4, -0.2) is 66.7 Å². The van der Waals surface area contributed by atoms with Gasteiger partial charge in [0.05, 0.1) is 49.8 Å². The molecule has 7 aromatic rings. The molecule has 54 heavy (non-hydrogen) atoms. The minimum Gasteiger partial charge on any atom is -0.467 e. The highest BCUT2D eigenvalue weighted by atomic mass is 16.5. The van der Waals surface area contributed by atoms with Crippen LogP contribution in [0, 0.1) is 0 Å². The van der Waals surface area contributed by atoms with Crippen LogP contribution in [0.25, 0.3) is 21.8 Å². The molecule has 0 radical (unpaired) electrons. The Hall–Kier alpha value is -6.96. The molecule has 272 valence electrons. The van der Waals surface area contributed by atoms with Crippen LogP contribution < -0.4 is 5.43 Å². The summed E-state index contributed by atoms with van der Waals surface area (Å²) < 4.78 is 20.5. The summed E-state index contributed by atoms with van der Waals surface area (Å²) in [5.41, 5.74) is 3.40. The molecule has 0 unspecified atom stereocenters. The molecule has 7 rings (SSSR count). The van der Waals surface area contributed by atoms with Gasteiger partial charge in [0, 0.05) is 23.6 Å². The number of carbonyl (C=O) groups excluding carboxylic acids is 3. The summed E-state index contributed by atoms with van der Waals surface area (Å²) in [6.07, 6.45) is 3.85. The van der Waals surface area contributed by atoms with E-state index in [2.05, 4.69) is 20.6 Å². The van der Waals surface area contributed by atoms with Gasteiger partial charge in [-0.25, -0.2) is 23.7 Å². The van der Waals surface area contributed by atoms with Gasteiger partial charge in [-0.2, -0.15) is 0 Å². The van der Waals surface area contributed by atoms with E-state index in [4.69, 9.17) is 14.2 Å². The lowest BCUT2D eigenvalue weighted by molar-refractivity contribution is -0.145. The van der Waals surface area contributed by atoms with Crippen molar-refractivity contribution in [3.8, 4) is 0 Å². The highest BCUT2D eigenvalue weighted by molar-refractivity contribution is 6.06. The van der Waals surface area contributed by atoms with Gasteiger partial charge in [0.15, 0.2) is 17.5 Å². The monoisotopic (exact) mass is 725 g/mol. The first-order valence-corrected chi connectivity index (χ1v) is 17.1. The molecule has 0 aliphatic rings. The standard InChI is InChI=1S/C40H35N7O7/c1-52-39(50)34(20-26-12-5-3-6-13-26)46-23-28(41-43-46)22-45-33-19-10-9-16-30(33)37(48)31-17-11-18-32(36(31)45)38(49)54-25-29-24-47(44-42-29)35(40(51)53-2)21-27-14-7-4-8-15-27/h3-19,23-24,34-35H,20-22,25H2,1-2H3/t34-,35-/m0/s1. The Kier molecular flexibility index (Phi) is 10.3. The minimum absolute atomic E-state index is 0.103. The van der Waals surface area contributed by atoms with Crippen LogP contribution in [-0.2, 0) is 49.8 Å². The third kappa shape index (κ3) is 7.35. The lowest BCUT2D eigenvalue weighted by Crippen LogP contribution is -2.23. The first-order chi connectivity index (χ1) is 26.3. The molecule has 0 bridgehead atoms. The fourth-order valence-corrected chi connectivity index (χ4v) is 6.48. The summed E-state index contributed by atoms with van der Waals surface area (Å²) in [6.45, 7) is -0.150. The van der Waals surface area contributed by atoms with E-state index in [9.17, 15) is 19.2 Å². The number of benzene rings is 4. The molecule has 0 N–H and O–H groups in total. The molecular weight excluding hydrogens is 690 g/mol. The molecule has 3 aromatic heterocycles. The van der Waals surface area contributed by atoms with Crippen molar-refractivity contribution in [2.45, 2.75) is 38.1 Å². The predicted molar refractivity (Wildman–Crippen MR) is 196 cm³/mol. The van der Waals surface area contributed by atoms with Crippen molar-refractivity contribution in [3.05, 3.63) is 154 Å². The van der Waals surface area contributed by atoms with E-state index in [-0.39, 0.29) is 24.1 Å². The van der Waals surface area contributed by atoms with Crippen molar-refractivity contribution in [1.29, 1.82) is 0 Å². The Bertz CT molecular complexity index is 2510. The molecule has 0 amide bonds. The van der Waals surface area contributed by atoms with Gasteiger partial charge in [0.1, 0.15) is 18.0 Å². The zero-order valence-corrected chi connectivity index (χ0v) is 29.4. The molecule has 14 heteroatoms. The third-order valence-corrected chi connectivity index (χ3v) is 9.13. The highest BCUT2D eigenvalue weighted by Crippen LogP contribution is 2.25. The lowest BCUT2D eigenvalue weighted by Gasteiger charge is -2.17. The van der Waals surface area contributed by atoms with Gasteiger partial charge >= 0.3 is 17.9 Å². The van der Waals surface area contributed by atoms with Crippen molar-refractivity contribution in [2.75, 3.05) is 14.2 Å². The average Bonchev–Trinajstić information content (AvgIpc) is 3.89. The van der Waals surface area contributed by atoms with Crippen molar-refractivity contribution >= 4 is 39.7 Å². The molecule has 14 nitrogen and oxygen atoms in total. The van der Waals surface area contributed by atoms with E-state index in [1.54, 1.807) is 48.7 Å². The Balaban J connectivity index is 1.19. The Labute approximate surface area is 308 Å². The number of nitrogens with zero attached hydrogens (tertiary/aromatic N) is 7. The van der Waals surface area contributed by atoms with Crippen LogP contribution in [0.1, 0.15) is 45.0 Å². The van der Waals surface area contributed by atoms with E-state index in [0.717, 1.165) is 11.1 Å². The maximum absolute atomic E-state index is 13.8. The van der Waals surface area contributed by atoms with Crippen LogP contribution in [0.4, 0.5) is 0 Å². The highest BCUT2D eigenvalue weighted by Gasteiger charge is 2.26. The number of rotatable bonds is 13. The maximum atomic E-state index is 13.8. The second-order valence-electron chi connectivity index (χ2n) is 12.5. The smallest absolute Gasteiger partial charge is 0.340 e. The summed E-state index contributed by atoms with van der Waals surface area (Å²) in [7, 11) is 2.63. The van der Waals surface area contributed by atoms with E-state index in [0.29, 0.717) is 46.0 Å². The molecule has 2 atom stereocenters. The number of pyridine rings is 1. The van der Waals surface area contributed by atoms with Gasteiger partial charge in [-0.1, -0.05) is 89.3 Å². The topological polar surface area (TPSA) is 162 Å². The van der Waals surface area contributed by atoms with E-state index < -0.39 is 30.0 Å². The zero-order valence-electron chi connectivity index (χ0n) is 29.4. The zero-order chi connectivity index (χ0) is 37.6. The average molecular weight is 726 g/mol. The Morgan fingerprint density at radius 1 is 0.648 bits per heavy atom. The fraction of sp³-hybridized carbons (Fsp3) is 0.200. The van der Waals surface area contributed by atoms with E-state index >= 15 is 0 Å². The number of hydrogen-bond acceptors (Lipinski definition) is 11. The minimum atomic E-state index is -0.783. The van der Waals surface area contributed by atoms with Gasteiger partial charge < -0.3 is 18.8 Å². The number of methoxy groups -OCH3 is 2. The number of hydrogen-bond donors (Lipinski definition) is 0. The summed E-state index contributed by atoms with van der Waals surface area (Å²) in [5, 5.41) is 17.7. The van der Waals surface area contributed by atoms with Crippen molar-refractivity contribution in [2.24, 2.45) is 0 Å². The SMILES string of the molecule is COC(=O)[C@H](Cc1ccccc1)n1cc(COC(=O)c2cccc3c(=O)c4ccccc4n(Cc4cn([C@@H](Cc5ccccc5)C(=O)OC)nn4)c23)nn1. The largest absolute Gasteiger partial charge is 0.467 e. The van der Waals surface area contributed by atoms with E-state index in [1.165, 1.54) is 29.8 Å². The van der Waals surface area contributed by atoms with Gasteiger partial charge in [-0.05, 0) is 35.4 Å². The lowest BCUT2D eigenvalue weighted by atomic mass is 10.0. The van der Waals surface area contributed by atoms with Gasteiger partial charge in [-0.15, -0.1) is 10.2 Å². The molecule has 0 fully saturated rings. The Morgan fingerprint density at radius 3 is 1.80 bits per heavy atom. The van der Waals surface area contributed by atoms with Gasteiger partial charge in [-0.3, -0.25) is 4.79 Å². The number of aromatic nitrogens is 7. The Morgan fingerprint density at radius 2 is 1.19 bits per heavy atom. The first-order valence-electron chi connectivity index (χ1n) is 17.1. The molecule has 0 saturated carbocycles. The molecule has 0 spiro atoms. The van der Waals surface area contributed by atoms with Crippen LogP contribution in [0.15, 0.2) is 120 Å². The molecular formula is C40H35N7O7. The molecule has 3 heterocycles. The third-order valence-electron chi connectivity index (χ3n) is 9.13. The number of carbonyl (C=O) groups is 3. The van der Waals surface area contributed by atoms with Gasteiger partial charge in [0.25, 0.3) is 0 Å². The number of fused-ring (bicyclic) bond motifs is 2. The van der Waals surface area contributed by atoms with Crippen molar-refractivity contribution in [1.82, 2.24) is 34.6 Å². The van der Waals surface area contributed by atoms with Gasteiger partial charge in [0.2, 0.25) is 0 Å². The summed E-state index contributed by atoms with van der Waals surface area (Å²) >= 11 is 0. The van der Waals surface area contributed by atoms with Crippen LogP contribution in [0.2, 0.25) is 0 Å². The maximum Gasteiger partial charge on any atom is 0.340 e. The fourth-order valence-electron chi connectivity index (χ4n) is 6.48. The quantitative estimate of drug-likeness (QED) is 0.0924. The first kappa shape index (κ1) is 35.4. The van der Waals surface area contributed by atoms with Crippen LogP contribution in [0.5, 0.6) is 0 Å². The predicted octanol–water partition coefficient (Wildman–Crippen LogP) is 4.66. The molecule has 4 aromatic carbocycles. The molecule has 0 saturated heterocycles. The second-order valence-corrected chi connectivity index (χ2v) is 12.5. The normalized spacial score (nSPS) is 12.3. The molecule has 0 aliphatic heterocycles. The van der Waals surface area contributed by atoms with Crippen LogP contribution >= 0.6 is 0 Å². The number of esters is 3. The van der Waals surface area contributed by atoms with Crippen molar-refractivity contribution < 1.29 is 28.6 Å².